The molecule has 4 nitrogen and oxygen atoms in total. The molecule has 2 rings (SSSR count). The van der Waals surface area contributed by atoms with Gasteiger partial charge in [-0.15, -0.1) is 0 Å². The molecule has 0 N–H and O–H groups in total. The standard InChI is InChI=1S/C12H16ClNO3/c1-14(8-9-4-6-16-7-5-9)12(15)10-2-3-11(13)17-10/h2-3,9H,4-8H2,1H3. The lowest BCUT2D eigenvalue weighted by Gasteiger charge is -2.26. The van der Waals surface area contributed by atoms with Crippen LogP contribution in [-0.4, -0.2) is 37.6 Å². The molecule has 1 aromatic rings. The summed E-state index contributed by atoms with van der Waals surface area (Å²) >= 11 is 5.65. The summed E-state index contributed by atoms with van der Waals surface area (Å²) in [5.74, 6) is 0.691. The molecule has 1 amide bonds. The first-order chi connectivity index (χ1) is 8.16. The molecule has 0 spiro atoms. The van der Waals surface area contributed by atoms with Gasteiger partial charge in [-0.3, -0.25) is 4.79 Å². The third-order valence-electron chi connectivity index (χ3n) is 3.00. The average molecular weight is 258 g/mol. The Bertz CT molecular complexity index is 385. The molecule has 94 valence electrons. The zero-order valence-corrected chi connectivity index (χ0v) is 10.6. The SMILES string of the molecule is CN(CC1CCOCC1)C(=O)c1ccc(Cl)o1. The Hall–Kier alpha value is -1.00. The number of carbonyl (C=O) groups is 1. The maximum absolute atomic E-state index is 12.0. The molecule has 1 fully saturated rings. The van der Waals surface area contributed by atoms with Gasteiger partial charge in [0.15, 0.2) is 11.0 Å². The van der Waals surface area contributed by atoms with Crippen LogP contribution in [0.25, 0.3) is 0 Å². The summed E-state index contributed by atoms with van der Waals surface area (Å²) in [4.78, 5) is 13.7. The number of hydrogen-bond acceptors (Lipinski definition) is 3. The summed E-state index contributed by atoms with van der Waals surface area (Å²) in [6, 6.07) is 3.18. The number of carbonyl (C=O) groups excluding carboxylic acids is 1. The van der Waals surface area contributed by atoms with Crippen LogP contribution in [-0.2, 0) is 4.74 Å². The van der Waals surface area contributed by atoms with Crippen molar-refractivity contribution in [2.24, 2.45) is 5.92 Å². The van der Waals surface area contributed by atoms with Gasteiger partial charge in [0.2, 0.25) is 0 Å². The third kappa shape index (κ3) is 3.23. The summed E-state index contributed by atoms with van der Waals surface area (Å²) in [5, 5.41) is 0.243. The van der Waals surface area contributed by atoms with E-state index in [2.05, 4.69) is 0 Å². The monoisotopic (exact) mass is 257 g/mol. The lowest BCUT2D eigenvalue weighted by molar-refractivity contribution is 0.0485. The molecule has 0 bridgehead atoms. The molecule has 1 saturated heterocycles. The molecule has 0 aliphatic carbocycles. The molecular weight excluding hydrogens is 242 g/mol. The normalized spacial score (nSPS) is 17.1. The Morgan fingerprint density at radius 2 is 2.18 bits per heavy atom. The molecule has 1 aliphatic rings. The predicted molar refractivity (Wildman–Crippen MR) is 64.2 cm³/mol. The highest BCUT2D eigenvalue weighted by atomic mass is 35.5. The van der Waals surface area contributed by atoms with Crippen LogP contribution >= 0.6 is 11.6 Å². The Kier molecular flexibility index (Phi) is 4.07. The number of rotatable bonds is 3. The maximum Gasteiger partial charge on any atom is 0.289 e. The van der Waals surface area contributed by atoms with Crippen LogP contribution in [0.4, 0.5) is 0 Å². The third-order valence-corrected chi connectivity index (χ3v) is 3.21. The fraction of sp³-hybridized carbons (Fsp3) is 0.583. The van der Waals surface area contributed by atoms with E-state index in [-0.39, 0.29) is 11.1 Å². The number of halogens is 1. The number of hydrogen-bond donors (Lipinski definition) is 0. The first-order valence-corrected chi connectivity index (χ1v) is 6.13. The van der Waals surface area contributed by atoms with Crippen molar-refractivity contribution in [3.05, 3.63) is 23.1 Å². The van der Waals surface area contributed by atoms with Crippen LogP contribution in [0.2, 0.25) is 5.22 Å². The van der Waals surface area contributed by atoms with Crippen molar-refractivity contribution in [3.63, 3.8) is 0 Å². The summed E-state index contributed by atoms with van der Waals surface area (Å²) in [6.45, 7) is 2.32. The van der Waals surface area contributed by atoms with Crippen LogP contribution in [0.3, 0.4) is 0 Å². The molecule has 0 saturated carbocycles. The minimum Gasteiger partial charge on any atom is -0.440 e. The van der Waals surface area contributed by atoms with E-state index >= 15 is 0 Å². The van der Waals surface area contributed by atoms with E-state index in [0.717, 1.165) is 32.6 Å². The van der Waals surface area contributed by atoms with Crippen molar-refractivity contribution in [3.8, 4) is 0 Å². The molecule has 0 atom stereocenters. The lowest BCUT2D eigenvalue weighted by atomic mass is 10.00. The van der Waals surface area contributed by atoms with Crippen molar-refractivity contribution >= 4 is 17.5 Å². The van der Waals surface area contributed by atoms with Crippen LogP contribution in [0.5, 0.6) is 0 Å². The fourth-order valence-corrected chi connectivity index (χ4v) is 2.16. The molecule has 5 heteroatoms. The maximum atomic E-state index is 12.0. The highest BCUT2D eigenvalue weighted by molar-refractivity contribution is 6.29. The van der Waals surface area contributed by atoms with E-state index in [0.29, 0.717) is 11.7 Å². The summed E-state index contributed by atoms with van der Waals surface area (Å²) < 4.78 is 10.4. The molecule has 1 aliphatic heterocycles. The smallest absolute Gasteiger partial charge is 0.289 e. The second kappa shape index (κ2) is 5.56. The highest BCUT2D eigenvalue weighted by Gasteiger charge is 2.21. The number of nitrogens with zero attached hydrogens (tertiary/aromatic N) is 1. The lowest BCUT2D eigenvalue weighted by Crippen LogP contribution is -2.33. The minimum absolute atomic E-state index is 0.122. The molecule has 0 unspecified atom stereocenters. The van der Waals surface area contributed by atoms with E-state index in [1.807, 2.05) is 0 Å². The van der Waals surface area contributed by atoms with Gasteiger partial charge in [-0.05, 0) is 42.5 Å². The Labute approximate surface area is 105 Å². The van der Waals surface area contributed by atoms with Gasteiger partial charge in [-0.2, -0.15) is 0 Å². The molecule has 17 heavy (non-hydrogen) atoms. The van der Waals surface area contributed by atoms with Gasteiger partial charge in [0.05, 0.1) is 0 Å². The zero-order valence-electron chi connectivity index (χ0n) is 9.82. The highest BCUT2D eigenvalue weighted by Crippen LogP contribution is 2.18. The zero-order chi connectivity index (χ0) is 12.3. The van der Waals surface area contributed by atoms with Crippen LogP contribution in [0.1, 0.15) is 23.4 Å². The second-order valence-corrected chi connectivity index (χ2v) is 4.72. The second-order valence-electron chi connectivity index (χ2n) is 4.35. The van der Waals surface area contributed by atoms with E-state index in [9.17, 15) is 4.79 Å². The van der Waals surface area contributed by atoms with E-state index < -0.39 is 0 Å². The van der Waals surface area contributed by atoms with E-state index in [4.69, 9.17) is 20.8 Å². The van der Waals surface area contributed by atoms with Gasteiger partial charge in [-0.1, -0.05) is 0 Å². The Morgan fingerprint density at radius 3 is 2.76 bits per heavy atom. The largest absolute Gasteiger partial charge is 0.440 e. The molecule has 0 aromatic carbocycles. The van der Waals surface area contributed by atoms with Gasteiger partial charge >= 0.3 is 0 Å². The van der Waals surface area contributed by atoms with Gasteiger partial charge in [0.25, 0.3) is 5.91 Å². The molecule has 2 heterocycles. The Balaban J connectivity index is 1.90. The van der Waals surface area contributed by atoms with Crippen molar-refractivity contribution in [1.29, 1.82) is 0 Å². The summed E-state index contributed by atoms with van der Waals surface area (Å²) in [7, 11) is 1.79. The fourth-order valence-electron chi connectivity index (χ4n) is 2.02. The quantitative estimate of drug-likeness (QED) is 0.835. The molecule has 1 aromatic heterocycles. The van der Waals surface area contributed by atoms with Crippen LogP contribution < -0.4 is 0 Å². The van der Waals surface area contributed by atoms with Crippen molar-refractivity contribution in [1.82, 2.24) is 4.90 Å². The summed E-state index contributed by atoms with van der Waals surface area (Å²) in [6.07, 6.45) is 2.02. The van der Waals surface area contributed by atoms with Crippen molar-refractivity contribution in [2.75, 3.05) is 26.8 Å². The first-order valence-electron chi connectivity index (χ1n) is 5.75. The van der Waals surface area contributed by atoms with Gasteiger partial charge in [-0.25, -0.2) is 0 Å². The average Bonchev–Trinajstić information content (AvgIpc) is 2.76. The van der Waals surface area contributed by atoms with Crippen LogP contribution in [0.15, 0.2) is 16.5 Å². The van der Waals surface area contributed by atoms with Gasteiger partial charge in [0.1, 0.15) is 0 Å². The number of amides is 1. The Morgan fingerprint density at radius 1 is 1.47 bits per heavy atom. The summed E-state index contributed by atoms with van der Waals surface area (Å²) in [5.41, 5.74) is 0. The van der Waals surface area contributed by atoms with Crippen molar-refractivity contribution in [2.45, 2.75) is 12.8 Å². The molecular formula is C12H16ClNO3. The topological polar surface area (TPSA) is 42.7 Å². The minimum atomic E-state index is -0.122. The number of ether oxygens (including phenoxy) is 1. The van der Waals surface area contributed by atoms with Gasteiger partial charge < -0.3 is 14.1 Å². The predicted octanol–water partition coefficient (Wildman–Crippen LogP) is 2.43. The molecule has 0 radical (unpaired) electrons. The van der Waals surface area contributed by atoms with E-state index in [1.165, 1.54) is 0 Å². The van der Waals surface area contributed by atoms with Gasteiger partial charge in [0, 0.05) is 26.8 Å². The van der Waals surface area contributed by atoms with Crippen molar-refractivity contribution < 1.29 is 13.9 Å². The number of furan rings is 1. The van der Waals surface area contributed by atoms with E-state index in [1.54, 1.807) is 24.1 Å². The first kappa shape index (κ1) is 12.5. The van der Waals surface area contributed by atoms with Crippen LogP contribution in [0, 0.1) is 5.92 Å².